The molecule has 0 unspecified atom stereocenters. The van der Waals surface area contributed by atoms with E-state index in [1.54, 1.807) is 0 Å². The van der Waals surface area contributed by atoms with Crippen LogP contribution in [0.5, 0.6) is 0 Å². The van der Waals surface area contributed by atoms with Crippen molar-refractivity contribution in [1.82, 2.24) is 9.88 Å². The first-order valence-electron chi connectivity index (χ1n) is 7.37. The van der Waals surface area contributed by atoms with Crippen LogP contribution in [0, 0.1) is 6.92 Å². The molecule has 1 aliphatic rings. The van der Waals surface area contributed by atoms with Crippen LogP contribution in [-0.2, 0) is 12.7 Å². The third-order valence-electron chi connectivity index (χ3n) is 3.83. The van der Waals surface area contributed by atoms with Crippen molar-refractivity contribution in [2.75, 3.05) is 24.6 Å². The van der Waals surface area contributed by atoms with E-state index >= 15 is 0 Å². The van der Waals surface area contributed by atoms with Crippen molar-refractivity contribution in [3.8, 4) is 11.5 Å². The molecule has 0 N–H and O–H groups in total. The summed E-state index contributed by atoms with van der Waals surface area (Å²) in [6.45, 7) is 4.60. The molecule has 0 amide bonds. The van der Waals surface area contributed by atoms with Crippen LogP contribution in [-0.4, -0.2) is 34.5 Å². The Morgan fingerprint density at radius 3 is 2.43 bits per heavy atom. The van der Waals surface area contributed by atoms with E-state index in [1.165, 1.54) is 12.1 Å². The molecule has 2 heterocycles. The van der Waals surface area contributed by atoms with Crippen molar-refractivity contribution in [3.05, 3.63) is 41.3 Å². The summed E-state index contributed by atoms with van der Waals surface area (Å²) in [5, 5.41) is 0. The highest BCUT2D eigenvalue weighted by molar-refractivity contribution is 7.99. The Balaban J connectivity index is 1.77. The van der Waals surface area contributed by atoms with Gasteiger partial charge in [-0.3, -0.25) is 4.90 Å². The Morgan fingerprint density at radius 1 is 1.17 bits per heavy atom. The summed E-state index contributed by atoms with van der Waals surface area (Å²) < 4.78 is 43.5. The Labute approximate surface area is 136 Å². The molecule has 1 saturated heterocycles. The fraction of sp³-hybridized carbons (Fsp3) is 0.438. The van der Waals surface area contributed by atoms with Crippen LogP contribution in [0.15, 0.2) is 28.7 Å². The maximum absolute atomic E-state index is 12.6. The van der Waals surface area contributed by atoms with Crippen LogP contribution in [0.4, 0.5) is 13.2 Å². The first-order valence-corrected chi connectivity index (χ1v) is 8.53. The maximum atomic E-state index is 12.6. The summed E-state index contributed by atoms with van der Waals surface area (Å²) in [7, 11) is 0. The van der Waals surface area contributed by atoms with Crippen LogP contribution >= 0.6 is 11.8 Å². The number of hydrogen-bond donors (Lipinski definition) is 0. The van der Waals surface area contributed by atoms with Gasteiger partial charge >= 0.3 is 6.18 Å². The zero-order chi connectivity index (χ0) is 16.4. The van der Waals surface area contributed by atoms with Gasteiger partial charge in [-0.15, -0.1) is 0 Å². The zero-order valence-corrected chi connectivity index (χ0v) is 13.5. The van der Waals surface area contributed by atoms with Gasteiger partial charge in [-0.1, -0.05) is 0 Å². The smallest absolute Gasteiger partial charge is 0.416 e. The van der Waals surface area contributed by atoms with E-state index in [9.17, 15) is 13.2 Å². The highest BCUT2D eigenvalue weighted by Gasteiger charge is 2.30. The van der Waals surface area contributed by atoms with Gasteiger partial charge in [0.2, 0.25) is 5.89 Å². The number of halogens is 3. The Bertz CT molecular complexity index is 661. The molecular formula is C16H17F3N2OS. The first-order chi connectivity index (χ1) is 10.9. The Hall–Kier alpha value is -1.47. The van der Waals surface area contributed by atoms with Crippen molar-refractivity contribution in [1.29, 1.82) is 0 Å². The number of benzene rings is 1. The van der Waals surface area contributed by atoms with Crippen LogP contribution < -0.4 is 0 Å². The minimum absolute atomic E-state index is 0.373. The highest BCUT2D eigenvalue weighted by atomic mass is 32.2. The molecule has 1 aliphatic heterocycles. The molecule has 0 atom stereocenters. The molecule has 0 aliphatic carbocycles. The normalized spacial score (nSPS) is 16.7. The van der Waals surface area contributed by atoms with Gasteiger partial charge in [0.1, 0.15) is 5.76 Å². The standard InChI is InChI=1S/C16H17F3N2OS/c1-11-14(10-21-6-8-23-9-7-21)20-15(22-11)12-2-4-13(5-3-12)16(17,18)19/h2-5H,6-10H2,1H3. The summed E-state index contributed by atoms with van der Waals surface area (Å²) in [5.74, 6) is 3.32. The van der Waals surface area contributed by atoms with Gasteiger partial charge in [0, 0.05) is 36.7 Å². The van der Waals surface area contributed by atoms with E-state index in [1.807, 2.05) is 18.7 Å². The molecule has 124 valence electrons. The SMILES string of the molecule is Cc1oc(-c2ccc(C(F)(F)F)cc2)nc1CN1CCSCC1. The number of aryl methyl sites for hydroxylation is 1. The minimum atomic E-state index is -4.33. The number of hydrogen-bond acceptors (Lipinski definition) is 4. The molecular weight excluding hydrogens is 325 g/mol. The molecule has 3 rings (SSSR count). The molecule has 0 saturated carbocycles. The summed E-state index contributed by atoms with van der Waals surface area (Å²) >= 11 is 1.94. The first kappa shape index (κ1) is 16.4. The van der Waals surface area contributed by atoms with Gasteiger partial charge in [0.15, 0.2) is 0 Å². The van der Waals surface area contributed by atoms with Crippen molar-refractivity contribution in [2.45, 2.75) is 19.6 Å². The number of nitrogens with zero attached hydrogens (tertiary/aromatic N) is 2. The highest BCUT2D eigenvalue weighted by Crippen LogP contribution is 2.31. The maximum Gasteiger partial charge on any atom is 0.416 e. The molecule has 3 nitrogen and oxygen atoms in total. The van der Waals surface area contributed by atoms with Crippen LogP contribution in [0.25, 0.3) is 11.5 Å². The lowest BCUT2D eigenvalue weighted by atomic mass is 10.1. The molecule has 0 spiro atoms. The largest absolute Gasteiger partial charge is 0.441 e. The summed E-state index contributed by atoms with van der Waals surface area (Å²) in [6, 6.07) is 4.90. The Morgan fingerprint density at radius 2 is 1.83 bits per heavy atom. The second kappa shape index (κ2) is 6.57. The second-order valence-electron chi connectivity index (χ2n) is 5.49. The quantitative estimate of drug-likeness (QED) is 0.835. The van der Waals surface area contributed by atoms with E-state index in [-0.39, 0.29) is 0 Å². The number of aromatic nitrogens is 1. The predicted octanol–water partition coefficient (Wildman–Crippen LogP) is 4.22. The fourth-order valence-corrected chi connectivity index (χ4v) is 3.45. The van der Waals surface area contributed by atoms with Crippen molar-refractivity contribution < 1.29 is 17.6 Å². The van der Waals surface area contributed by atoms with Crippen molar-refractivity contribution in [2.24, 2.45) is 0 Å². The molecule has 1 aromatic carbocycles. The number of oxazole rings is 1. The summed E-state index contributed by atoms with van der Waals surface area (Å²) in [6.07, 6.45) is -4.33. The molecule has 2 aromatic rings. The van der Waals surface area contributed by atoms with Gasteiger partial charge in [-0.25, -0.2) is 4.98 Å². The zero-order valence-electron chi connectivity index (χ0n) is 12.7. The van der Waals surface area contributed by atoms with Gasteiger partial charge in [-0.2, -0.15) is 24.9 Å². The third-order valence-corrected chi connectivity index (χ3v) is 4.77. The molecule has 23 heavy (non-hydrogen) atoms. The average molecular weight is 342 g/mol. The van der Waals surface area contributed by atoms with Crippen molar-refractivity contribution in [3.63, 3.8) is 0 Å². The molecule has 0 bridgehead atoms. The van der Waals surface area contributed by atoms with E-state index in [4.69, 9.17) is 4.42 Å². The number of alkyl halides is 3. The van der Waals surface area contributed by atoms with Crippen LogP contribution in [0.1, 0.15) is 17.0 Å². The van der Waals surface area contributed by atoms with Crippen LogP contribution in [0.3, 0.4) is 0 Å². The molecule has 1 fully saturated rings. The lowest BCUT2D eigenvalue weighted by Crippen LogP contribution is -2.32. The topological polar surface area (TPSA) is 29.3 Å². The summed E-state index contributed by atoms with van der Waals surface area (Å²) in [4.78, 5) is 6.79. The third kappa shape index (κ3) is 3.90. The summed E-state index contributed by atoms with van der Waals surface area (Å²) in [5.41, 5.74) is 0.740. The van der Waals surface area contributed by atoms with E-state index in [0.717, 1.165) is 54.7 Å². The van der Waals surface area contributed by atoms with Gasteiger partial charge < -0.3 is 4.42 Å². The van der Waals surface area contributed by atoms with Crippen molar-refractivity contribution >= 4 is 11.8 Å². The second-order valence-corrected chi connectivity index (χ2v) is 6.71. The molecule has 0 radical (unpaired) electrons. The molecule has 7 heteroatoms. The average Bonchev–Trinajstić information content (AvgIpc) is 2.89. The number of thioether (sulfide) groups is 1. The fourth-order valence-electron chi connectivity index (χ4n) is 2.47. The van der Waals surface area contributed by atoms with E-state index in [0.29, 0.717) is 11.5 Å². The lowest BCUT2D eigenvalue weighted by molar-refractivity contribution is -0.137. The molecule has 1 aromatic heterocycles. The predicted molar refractivity (Wildman–Crippen MR) is 84.3 cm³/mol. The monoisotopic (exact) mass is 342 g/mol. The minimum Gasteiger partial charge on any atom is -0.441 e. The lowest BCUT2D eigenvalue weighted by Gasteiger charge is -2.25. The van der Waals surface area contributed by atoms with Gasteiger partial charge in [0.25, 0.3) is 0 Å². The number of rotatable bonds is 3. The van der Waals surface area contributed by atoms with Gasteiger partial charge in [0.05, 0.1) is 11.3 Å². The van der Waals surface area contributed by atoms with Gasteiger partial charge in [-0.05, 0) is 31.2 Å². The Kier molecular flexibility index (Phi) is 4.68. The van der Waals surface area contributed by atoms with E-state index in [2.05, 4.69) is 9.88 Å². The van der Waals surface area contributed by atoms with E-state index < -0.39 is 11.7 Å². The van der Waals surface area contributed by atoms with Crippen LogP contribution in [0.2, 0.25) is 0 Å².